The summed E-state index contributed by atoms with van der Waals surface area (Å²) in [6.07, 6.45) is 61.4. The third-order valence-electron chi connectivity index (χ3n) is 12.1. The van der Waals surface area contributed by atoms with Gasteiger partial charge in [0.25, 0.3) is 0 Å². The Morgan fingerprint density at radius 3 is 0.921 bits per heavy atom. The predicted octanol–water partition coefficient (Wildman–Crippen LogP) is 18.1. The van der Waals surface area contributed by atoms with Gasteiger partial charge in [-0.2, -0.15) is 0 Å². The van der Waals surface area contributed by atoms with Crippen molar-refractivity contribution in [2.24, 2.45) is 0 Å². The average molecular weight is 885 g/mol. The molecule has 0 N–H and O–H groups in total. The first-order valence-corrected chi connectivity index (χ1v) is 27.5. The first kappa shape index (κ1) is 60.6. The summed E-state index contributed by atoms with van der Waals surface area (Å²) in [5.41, 5.74) is 0. The predicted molar refractivity (Wildman–Crippen MR) is 270 cm³/mol. The number of allylic oxidation sites excluding steroid dienone is 6. The Balaban J connectivity index is 4.33. The zero-order valence-electron chi connectivity index (χ0n) is 42.1. The highest BCUT2D eigenvalue weighted by Crippen LogP contribution is 2.16. The van der Waals surface area contributed by atoms with Crippen LogP contribution in [0.1, 0.15) is 290 Å². The molecular weight excluding hydrogens is 781 g/mol. The van der Waals surface area contributed by atoms with E-state index in [0.717, 1.165) is 64.2 Å². The van der Waals surface area contributed by atoms with Crippen molar-refractivity contribution in [1.82, 2.24) is 0 Å². The lowest BCUT2D eigenvalue weighted by atomic mass is 10.0. The van der Waals surface area contributed by atoms with Gasteiger partial charge in [-0.05, 0) is 57.8 Å². The van der Waals surface area contributed by atoms with E-state index < -0.39 is 6.10 Å². The molecule has 0 heterocycles. The quantitative estimate of drug-likeness (QED) is 0.0262. The fourth-order valence-electron chi connectivity index (χ4n) is 7.98. The molecular formula is C57H104O6. The van der Waals surface area contributed by atoms with E-state index in [1.165, 1.54) is 180 Å². The van der Waals surface area contributed by atoms with E-state index in [2.05, 4.69) is 57.2 Å². The molecule has 0 aromatic rings. The van der Waals surface area contributed by atoms with Gasteiger partial charge in [0, 0.05) is 19.3 Å². The molecule has 0 aromatic heterocycles. The van der Waals surface area contributed by atoms with Crippen LogP contribution in [0.3, 0.4) is 0 Å². The minimum Gasteiger partial charge on any atom is -0.462 e. The molecule has 0 bridgehead atoms. The zero-order chi connectivity index (χ0) is 45.8. The number of hydrogen-bond acceptors (Lipinski definition) is 6. The van der Waals surface area contributed by atoms with E-state index in [-0.39, 0.29) is 37.5 Å². The van der Waals surface area contributed by atoms with Crippen LogP contribution in [0.5, 0.6) is 0 Å². The van der Waals surface area contributed by atoms with Crippen molar-refractivity contribution < 1.29 is 28.6 Å². The summed E-state index contributed by atoms with van der Waals surface area (Å²) in [6.45, 7) is 6.60. The summed E-state index contributed by atoms with van der Waals surface area (Å²) in [5.74, 6) is -0.908. The van der Waals surface area contributed by atoms with Crippen molar-refractivity contribution in [1.29, 1.82) is 0 Å². The SMILES string of the molecule is CCCCC/C=C\C/C=C\C/C=C\CCCCC(=O)O[C@@H](COC(=O)CCCCCCCCCCCCC)COC(=O)CCCCCCCCCCCCCCCCCCCCC. The minimum atomic E-state index is -0.786. The summed E-state index contributed by atoms with van der Waals surface area (Å²) in [5, 5.41) is 0. The molecule has 368 valence electrons. The van der Waals surface area contributed by atoms with Gasteiger partial charge in [-0.1, -0.05) is 250 Å². The largest absolute Gasteiger partial charge is 0.462 e. The second-order valence-corrected chi connectivity index (χ2v) is 18.5. The van der Waals surface area contributed by atoms with E-state index in [9.17, 15) is 14.4 Å². The van der Waals surface area contributed by atoms with Crippen LogP contribution in [-0.4, -0.2) is 37.2 Å². The summed E-state index contributed by atoms with van der Waals surface area (Å²) < 4.78 is 16.8. The van der Waals surface area contributed by atoms with Crippen LogP contribution in [-0.2, 0) is 28.6 Å². The molecule has 0 fully saturated rings. The fourth-order valence-corrected chi connectivity index (χ4v) is 7.98. The third-order valence-corrected chi connectivity index (χ3v) is 12.1. The molecule has 0 amide bonds. The number of rotatable bonds is 50. The second-order valence-electron chi connectivity index (χ2n) is 18.5. The van der Waals surface area contributed by atoms with Crippen LogP contribution in [0.25, 0.3) is 0 Å². The van der Waals surface area contributed by atoms with Gasteiger partial charge in [-0.25, -0.2) is 0 Å². The van der Waals surface area contributed by atoms with E-state index in [1.807, 2.05) is 0 Å². The Kier molecular flexibility index (Phi) is 50.3. The van der Waals surface area contributed by atoms with Gasteiger partial charge in [0.15, 0.2) is 6.10 Å². The molecule has 0 aliphatic heterocycles. The Bertz CT molecular complexity index is 1060. The molecule has 0 radical (unpaired) electrons. The first-order valence-electron chi connectivity index (χ1n) is 27.5. The molecule has 6 heteroatoms. The summed E-state index contributed by atoms with van der Waals surface area (Å²) in [7, 11) is 0. The van der Waals surface area contributed by atoms with Gasteiger partial charge in [0.2, 0.25) is 0 Å². The van der Waals surface area contributed by atoms with Crippen LogP contribution in [0.15, 0.2) is 36.5 Å². The number of carbonyl (C=O) groups excluding carboxylic acids is 3. The van der Waals surface area contributed by atoms with E-state index in [4.69, 9.17) is 14.2 Å². The summed E-state index contributed by atoms with van der Waals surface area (Å²) in [6, 6.07) is 0. The molecule has 0 aliphatic rings. The van der Waals surface area contributed by atoms with Crippen LogP contribution in [0.2, 0.25) is 0 Å². The maximum atomic E-state index is 12.8. The van der Waals surface area contributed by atoms with Gasteiger partial charge >= 0.3 is 17.9 Å². The molecule has 0 aliphatic carbocycles. The number of unbranched alkanes of at least 4 members (excludes halogenated alkanes) is 33. The Labute approximate surface area is 391 Å². The average Bonchev–Trinajstić information content (AvgIpc) is 3.28. The second kappa shape index (κ2) is 52.3. The van der Waals surface area contributed by atoms with Gasteiger partial charge in [-0.15, -0.1) is 0 Å². The lowest BCUT2D eigenvalue weighted by molar-refractivity contribution is -0.167. The van der Waals surface area contributed by atoms with Crippen molar-refractivity contribution >= 4 is 17.9 Å². The van der Waals surface area contributed by atoms with Crippen molar-refractivity contribution in [3.63, 3.8) is 0 Å². The monoisotopic (exact) mass is 885 g/mol. The molecule has 63 heavy (non-hydrogen) atoms. The van der Waals surface area contributed by atoms with Gasteiger partial charge in [-0.3, -0.25) is 14.4 Å². The fraction of sp³-hybridized carbons (Fsp3) is 0.842. The molecule has 0 unspecified atom stereocenters. The molecule has 1 atom stereocenters. The maximum absolute atomic E-state index is 12.8. The molecule has 0 aromatic carbocycles. The lowest BCUT2D eigenvalue weighted by Gasteiger charge is -2.18. The number of ether oxygens (including phenoxy) is 3. The molecule has 0 saturated heterocycles. The highest BCUT2D eigenvalue weighted by Gasteiger charge is 2.19. The number of esters is 3. The van der Waals surface area contributed by atoms with Crippen LogP contribution < -0.4 is 0 Å². The van der Waals surface area contributed by atoms with Crippen molar-refractivity contribution in [3.8, 4) is 0 Å². The van der Waals surface area contributed by atoms with E-state index in [0.29, 0.717) is 19.3 Å². The van der Waals surface area contributed by atoms with Crippen LogP contribution in [0, 0.1) is 0 Å². The summed E-state index contributed by atoms with van der Waals surface area (Å²) in [4.78, 5) is 38.0. The zero-order valence-corrected chi connectivity index (χ0v) is 42.1. The highest BCUT2D eigenvalue weighted by atomic mass is 16.6. The Morgan fingerprint density at radius 2 is 0.571 bits per heavy atom. The van der Waals surface area contributed by atoms with E-state index >= 15 is 0 Å². The van der Waals surface area contributed by atoms with Crippen LogP contribution >= 0.6 is 0 Å². The number of hydrogen-bond donors (Lipinski definition) is 0. The van der Waals surface area contributed by atoms with Crippen molar-refractivity contribution in [2.45, 2.75) is 297 Å². The standard InChI is InChI=1S/C57H104O6/c1-4-7-10-13-16-19-22-24-26-27-28-29-31-32-35-38-41-44-47-50-56(59)62-53-54(52-61-55(58)49-46-43-40-37-34-21-18-15-12-9-6-3)63-57(60)51-48-45-42-39-36-33-30-25-23-20-17-14-11-8-5-2/h17,20,25,30,36,39,54H,4-16,18-19,21-24,26-29,31-35,37-38,40-53H2,1-3H3/b20-17-,30-25-,39-36-/t54-/m0/s1. The van der Waals surface area contributed by atoms with Crippen molar-refractivity contribution in [2.75, 3.05) is 13.2 Å². The number of carbonyl (C=O) groups is 3. The normalized spacial score (nSPS) is 12.2. The topological polar surface area (TPSA) is 78.9 Å². The van der Waals surface area contributed by atoms with Crippen molar-refractivity contribution in [3.05, 3.63) is 36.5 Å². The molecule has 0 rings (SSSR count). The van der Waals surface area contributed by atoms with Gasteiger partial charge in [0.05, 0.1) is 0 Å². The minimum absolute atomic E-state index is 0.0830. The van der Waals surface area contributed by atoms with Gasteiger partial charge in [0.1, 0.15) is 13.2 Å². The third kappa shape index (κ3) is 50.5. The first-order chi connectivity index (χ1) is 31.0. The highest BCUT2D eigenvalue weighted by molar-refractivity contribution is 5.71. The molecule has 0 saturated carbocycles. The molecule has 6 nitrogen and oxygen atoms in total. The van der Waals surface area contributed by atoms with Gasteiger partial charge < -0.3 is 14.2 Å². The Morgan fingerprint density at radius 1 is 0.317 bits per heavy atom. The lowest BCUT2D eigenvalue weighted by Crippen LogP contribution is -2.30. The summed E-state index contributed by atoms with van der Waals surface area (Å²) >= 11 is 0. The molecule has 0 spiro atoms. The smallest absolute Gasteiger partial charge is 0.306 e. The maximum Gasteiger partial charge on any atom is 0.306 e. The van der Waals surface area contributed by atoms with E-state index in [1.54, 1.807) is 0 Å². The Hall–Kier alpha value is -2.37. The van der Waals surface area contributed by atoms with Crippen LogP contribution in [0.4, 0.5) is 0 Å².